The van der Waals surface area contributed by atoms with Gasteiger partial charge in [-0.05, 0) is 73.6 Å². The number of nitrogens with one attached hydrogen (secondary N) is 2. The molecule has 0 aromatic carbocycles. The summed E-state index contributed by atoms with van der Waals surface area (Å²) in [6.45, 7) is 12.2. The second-order valence-electron chi connectivity index (χ2n) is 7.43. The van der Waals surface area contributed by atoms with Gasteiger partial charge in [0.25, 0.3) is 0 Å². The Balaban J connectivity index is 3.41. The van der Waals surface area contributed by atoms with Crippen LogP contribution in [-0.2, 0) is 9.47 Å². The van der Waals surface area contributed by atoms with Gasteiger partial charge >= 0.3 is 12.2 Å². The smallest absolute Gasteiger partial charge is 0.407 e. The molecule has 0 atom stereocenters. The summed E-state index contributed by atoms with van der Waals surface area (Å²) < 4.78 is 10.3. The Hall–Kier alpha value is -1.46. The predicted octanol–water partition coefficient (Wildman–Crippen LogP) is 3.80. The van der Waals surface area contributed by atoms with Gasteiger partial charge in [0.15, 0.2) is 0 Å². The maximum absolute atomic E-state index is 11.4. The van der Waals surface area contributed by atoms with E-state index in [4.69, 9.17) is 9.47 Å². The van der Waals surface area contributed by atoms with Crippen molar-refractivity contribution in [3.63, 3.8) is 0 Å². The minimum atomic E-state index is -0.461. The van der Waals surface area contributed by atoms with Crippen LogP contribution in [0, 0.1) is 6.42 Å². The largest absolute Gasteiger partial charge is 0.444 e. The molecule has 1 radical (unpaired) electrons. The second kappa shape index (κ2) is 10.3. The van der Waals surface area contributed by atoms with Crippen LogP contribution in [0.15, 0.2) is 0 Å². The van der Waals surface area contributed by atoms with Gasteiger partial charge in [0, 0.05) is 13.1 Å². The van der Waals surface area contributed by atoms with E-state index in [9.17, 15) is 9.59 Å². The van der Waals surface area contributed by atoms with Crippen LogP contribution in [0.5, 0.6) is 0 Å². The topological polar surface area (TPSA) is 76.7 Å². The quantitative estimate of drug-likeness (QED) is 0.664. The monoisotopic (exact) mass is 329 g/mol. The van der Waals surface area contributed by atoms with Gasteiger partial charge in [0.1, 0.15) is 11.2 Å². The van der Waals surface area contributed by atoms with Crippen LogP contribution < -0.4 is 10.6 Å². The molecule has 0 bridgehead atoms. The highest BCUT2D eigenvalue weighted by Crippen LogP contribution is 2.07. The SMILES string of the molecule is CC(C)(C)OC(=O)NCCC[CH]CCCNC(=O)OC(C)(C)C. The lowest BCUT2D eigenvalue weighted by atomic mass is 10.1. The Morgan fingerprint density at radius 3 is 1.43 bits per heavy atom. The lowest BCUT2D eigenvalue weighted by Crippen LogP contribution is -2.33. The van der Waals surface area contributed by atoms with Gasteiger partial charge in [-0.3, -0.25) is 0 Å². The molecule has 0 rings (SSSR count). The van der Waals surface area contributed by atoms with Crippen LogP contribution in [0.1, 0.15) is 67.2 Å². The molecule has 6 nitrogen and oxygen atoms in total. The maximum atomic E-state index is 11.4. The highest BCUT2D eigenvalue weighted by Gasteiger charge is 2.16. The first kappa shape index (κ1) is 21.5. The van der Waals surface area contributed by atoms with Gasteiger partial charge in [-0.1, -0.05) is 0 Å². The van der Waals surface area contributed by atoms with Crippen molar-refractivity contribution in [1.82, 2.24) is 10.6 Å². The normalized spacial score (nSPS) is 11.7. The van der Waals surface area contributed by atoms with Crippen molar-refractivity contribution in [3.05, 3.63) is 6.42 Å². The van der Waals surface area contributed by atoms with Crippen molar-refractivity contribution < 1.29 is 19.1 Å². The molecule has 0 saturated heterocycles. The number of carbonyl (C=O) groups excluding carboxylic acids is 2. The summed E-state index contributed by atoms with van der Waals surface area (Å²) in [5, 5.41) is 5.45. The summed E-state index contributed by atoms with van der Waals surface area (Å²) in [7, 11) is 0. The molecule has 0 aromatic rings. The maximum Gasteiger partial charge on any atom is 0.407 e. The van der Waals surface area contributed by atoms with Gasteiger partial charge in [0.2, 0.25) is 0 Å². The van der Waals surface area contributed by atoms with Gasteiger partial charge in [-0.2, -0.15) is 0 Å². The minimum absolute atomic E-state index is 0.376. The van der Waals surface area contributed by atoms with E-state index in [2.05, 4.69) is 17.1 Å². The van der Waals surface area contributed by atoms with Crippen LogP contribution >= 0.6 is 0 Å². The Morgan fingerprint density at radius 2 is 1.13 bits per heavy atom. The number of hydrogen-bond donors (Lipinski definition) is 2. The predicted molar refractivity (Wildman–Crippen MR) is 91.2 cm³/mol. The van der Waals surface area contributed by atoms with Gasteiger partial charge in [0.05, 0.1) is 0 Å². The van der Waals surface area contributed by atoms with Crippen LogP contribution in [-0.4, -0.2) is 36.5 Å². The zero-order chi connectivity index (χ0) is 17.9. The summed E-state index contributed by atoms with van der Waals surface area (Å²) in [4.78, 5) is 22.8. The molecular weight excluding hydrogens is 296 g/mol. The van der Waals surface area contributed by atoms with E-state index in [0.717, 1.165) is 25.7 Å². The number of alkyl carbamates (subject to hydrolysis) is 2. The van der Waals surface area contributed by atoms with E-state index >= 15 is 0 Å². The van der Waals surface area contributed by atoms with E-state index in [1.807, 2.05) is 41.5 Å². The fraction of sp³-hybridized carbons (Fsp3) is 0.824. The van der Waals surface area contributed by atoms with Gasteiger partial charge < -0.3 is 20.1 Å². The first-order valence-electron chi connectivity index (χ1n) is 8.25. The highest BCUT2D eigenvalue weighted by atomic mass is 16.6. The third-order valence-electron chi connectivity index (χ3n) is 2.51. The van der Waals surface area contributed by atoms with Crippen molar-refractivity contribution >= 4 is 12.2 Å². The molecule has 0 aromatic heterocycles. The molecular formula is C17H33N2O4. The summed E-state index contributed by atoms with van der Waals surface area (Å²) in [5.74, 6) is 0. The molecule has 0 aliphatic rings. The Morgan fingerprint density at radius 1 is 0.783 bits per heavy atom. The molecule has 0 fully saturated rings. The van der Waals surface area contributed by atoms with Crippen LogP contribution in [0.2, 0.25) is 0 Å². The Kier molecular flexibility index (Phi) is 9.68. The molecule has 0 heterocycles. The molecule has 0 spiro atoms. The van der Waals surface area contributed by atoms with E-state index < -0.39 is 11.2 Å². The molecule has 0 unspecified atom stereocenters. The molecule has 0 saturated carbocycles. The van der Waals surface area contributed by atoms with E-state index in [0.29, 0.717) is 13.1 Å². The number of ether oxygens (including phenoxy) is 2. The zero-order valence-electron chi connectivity index (χ0n) is 15.5. The number of unbranched alkanes of at least 4 members (excludes halogenated alkanes) is 4. The van der Waals surface area contributed by atoms with E-state index in [1.54, 1.807) is 0 Å². The number of carbonyl (C=O) groups is 2. The molecule has 2 amide bonds. The van der Waals surface area contributed by atoms with Gasteiger partial charge in [-0.25, -0.2) is 9.59 Å². The summed E-state index contributed by atoms with van der Waals surface area (Å²) in [5.41, 5.74) is -0.922. The fourth-order valence-corrected chi connectivity index (χ4v) is 1.65. The molecule has 135 valence electrons. The molecule has 6 heteroatoms. The van der Waals surface area contributed by atoms with Crippen molar-refractivity contribution in [2.45, 2.75) is 78.4 Å². The summed E-state index contributed by atoms with van der Waals surface area (Å²) in [6.07, 6.45) is 4.99. The van der Waals surface area contributed by atoms with Crippen molar-refractivity contribution in [1.29, 1.82) is 0 Å². The van der Waals surface area contributed by atoms with Crippen LogP contribution in [0.3, 0.4) is 0 Å². The molecule has 2 N–H and O–H groups in total. The number of rotatable bonds is 8. The summed E-state index contributed by atoms with van der Waals surface area (Å²) >= 11 is 0. The molecule has 0 aliphatic carbocycles. The molecule has 23 heavy (non-hydrogen) atoms. The average molecular weight is 329 g/mol. The number of amides is 2. The van der Waals surface area contributed by atoms with Crippen LogP contribution in [0.25, 0.3) is 0 Å². The molecule has 0 aliphatic heterocycles. The summed E-state index contributed by atoms with van der Waals surface area (Å²) in [6, 6.07) is 0. The van der Waals surface area contributed by atoms with E-state index in [-0.39, 0.29) is 12.2 Å². The Bertz CT molecular complexity index is 323. The van der Waals surface area contributed by atoms with Crippen molar-refractivity contribution in [2.24, 2.45) is 0 Å². The van der Waals surface area contributed by atoms with Crippen molar-refractivity contribution in [3.8, 4) is 0 Å². The zero-order valence-corrected chi connectivity index (χ0v) is 15.5. The number of hydrogen-bond acceptors (Lipinski definition) is 4. The third-order valence-corrected chi connectivity index (χ3v) is 2.51. The highest BCUT2D eigenvalue weighted by molar-refractivity contribution is 5.67. The lowest BCUT2D eigenvalue weighted by Gasteiger charge is -2.19. The Labute approximate surface area is 140 Å². The third kappa shape index (κ3) is 16.7. The minimum Gasteiger partial charge on any atom is -0.444 e. The van der Waals surface area contributed by atoms with E-state index in [1.165, 1.54) is 0 Å². The van der Waals surface area contributed by atoms with Crippen molar-refractivity contribution in [2.75, 3.05) is 13.1 Å². The first-order chi connectivity index (χ1) is 10.5. The standard InChI is InChI=1S/C17H33N2O4/c1-16(2,3)22-14(20)18-12-10-8-7-9-11-13-19-15(21)23-17(4,5)6/h7H,8-13H2,1-6H3,(H,18,20)(H,19,21). The lowest BCUT2D eigenvalue weighted by molar-refractivity contribution is 0.0516. The fourth-order valence-electron chi connectivity index (χ4n) is 1.65. The van der Waals surface area contributed by atoms with Crippen LogP contribution in [0.4, 0.5) is 9.59 Å². The first-order valence-corrected chi connectivity index (χ1v) is 8.25. The second-order valence-corrected chi connectivity index (χ2v) is 7.43. The average Bonchev–Trinajstić information content (AvgIpc) is 2.32. The van der Waals surface area contributed by atoms with Gasteiger partial charge in [-0.15, -0.1) is 0 Å².